The zero-order chi connectivity index (χ0) is 27.5. The maximum absolute atomic E-state index is 12.4. The molecule has 7 nitrogen and oxygen atoms in total. The number of hydrogen-bond donors (Lipinski definition) is 1. The Morgan fingerprint density at radius 2 is 1.41 bits per heavy atom. The molecule has 0 saturated carbocycles. The zero-order valence-corrected chi connectivity index (χ0v) is 21.9. The van der Waals surface area contributed by atoms with E-state index in [1.54, 1.807) is 55.5 Å². The fraction of sp³-hybridized carbons (Fsp3) is 0.156. The Morgan fingerprint density at radius 3 is 2.08 bits per heavy atom. The van der Waals surface area contributed by atoms with E-state index in [1.165, 1.54) is 6.21 Å². The van der Waals surface area contributed by atoms with Crippen LogP contribution < -0.4 is 19.6 Å². The van der Waals surface area contributed by atoms with Crippen molar-refractivity contribution in [1.82, 2.24) is 5.43 Å². The van der Waals surface area contributed by atoms with E-state index in [2.05, 4.69) is 10.5 Å². The molecule has 7 heteroatoms. The molecular formula is C32H30N2O5. The molecule has 0 aliphatic heterocycles. The average Bonchev–Trinajstić information content (AvgIpc) is 2.98. The van der Waals surface area contributed by atoms with Crippen LogP contribution in [0.25, 0.3) is 11.1 Å². The van der Waals surface area contributed by atoms with E-state index in [9.17, 15) is 9.59 Å². The van der Waals surface area contributed by atoms with Crippen LogP contribution in [0, 0.1) is 0 Å². The molecule has 198 valence electrons. The Bertz CT molecular complexity index is 1380. The predicted molar refractivity (Wildman–Crippen MR) is 151 cm³/mol. The molecule has 1 atom stereocenters. The Hall–Kier alpha value is -4.91. The minimum atomic E-state index is -0.737. The maximum Gasteiger partial charge on any atom is 0.343 e. The van der Waals surface area contributed by atoms with Gasteiger partial charge in [0, 0.05) is 0 Å². The molecule has 0 bridgehead atoms. The summed E-state index contributed by atoms with van der Waals surface area (Å²) < 4.78 is 16.7. The Balaban J connectivity index is 1.23. The minimum absolute atomic E-state index is 0.380. The summed E-state index contributed by atoms with van der Waals surface area (Å²) in [4.78, 5) is 24.8. The summed E-state index contributed by atoms with van der Waals surface area (Å²) in [5, 5.41) is 4.00. The normalized spacial score (nSPS) is 11.5. The van der Waals surface area contributed by atoms with Crippen molar-refractivity contribution in [2.75, 3.05) is 6.61 Å². The lowest BCUT2D eigenvalue weighted by molar-refractivity contribution is -0.127. The number of esters is 1. The number of rotatable bonds is 11. The van der Waals surface area contributed by atoms with E-state index in [4.69, 9.17) is 14.2 Å². The van der Waals surface area contributed by atoms with E-state index in [0.29, 0.717) is 29.4 Å². The van der Waals surface area contributed by atoms with E-state index in [0.717, 1.165) is 23.1 Å². The van der Waals surface area contributed by atoms with Crippen molar-refractivity contribution in [1.29, 1.82) is 0 Å². The summed E-state index contributed by atoms with van der Waals surface area (Å²) in [7, 11) is 0. The quantitative estimate of drug-likeness (QED) is 0.108. The van der Waals surface area contributed by atoms with Gasteiger partial charge in [0.15, 0.2) is 6.10 Å². The van der Waals surface area contributed by atoms with Crippen molar-refractivity contribution in [2.45, 2.75) is 26.4 Å². The van der Waals surface area contributed by atoms with Crippen molar-refractivity contribution < 1.29 is 23.8 Å². The van der Waals surface area contributed by atoms with Crippen LogP contribution in [0.3, 0.4) is 0 Å². The first kappa shape index (κ1) is 27.1. The summed E-state index contributed by atoms with van der Waals surface area (Å²) in [6.45, 7) is 4.31. The molecular weight excluding hydrogens is 492 g/mol. The van der Waals surface area contributed by atoms with Gasteiger partial charge >= 0.3 is 5.97 Å². The molecule has 0 radical (unpaired) electrons. The van der Waals surface area contributed by atoms with Gasteiger partial charge in [-0.05, 0) is 90.7 Å². The van der Waals surface area contributed by atoms with Crippen molar-refractivity contribution >= 4 is 18.1 Å². The largest absolute Gasteiger partial charge is 0.494 e. The van der Waals surface area contributed by atoms with E-state index in [-0.39, 0.29) is 5.91 Å². The second-order valence-corrected chi connectivity index (χ2v) is 8.72. The molecule has 39 heavy (non-hydrogen) atoms. The highest BCUT2D eigenvalue weighted by Gasteiger charge is 2.14. The number of hydrazone groups is 1. The van der Waals surface area contributed by atoms with Crippen molar-refractivity contribution in [3.05, 3.63) is 114 Å². The highest BCUT2D eigenvalue weighted by Crippen LogP contribution is 2.22. The molecule has 0 fully saturated rings. The second-order valence-electron chi connectivity index (χ2n) is 8.72. The molecule has 0 saturated heterocycles. The highest BCUT2D eigenvalue weighted by molar-refractivity contribution is 5.91. The summed E-state index contributed by atoms with van der Waals surface area (Å²) in [6, 6.07) is 31.2. The first-order chi connectivity index (χ1) is 19.0. The maximum atomic E-state index is 12.4. The van der Waals surface area contributed by atoms with Gasteiger partial charge in [-0.2, -0.15) is 5.10 Å². The minimum Gasteiger partial charge on any atom is -0.494 e. The monoisotopic (exact) mass is 522 g/mol. The molecule has 0 aliphatic rings. The van der Waals surface area contributed by atoms with Gasteiger partial charge in [-0.3, -0.25) is 4.79 Å². The molecule has 1 N–H and O–H groups in total. The standard InChI is InChI=1S/C32H30N2O5/c1-3-21-37-28-17-13-27(14-18-28)32(36)39-30-15-9-24(10-16-30)22-33-34-31(35)23(2)38-29-19-11-26(12-20-29)25-7-5-4-6-8-25/h4-20,22-23H,3,21H2,1-2H3,(H,34,35)/b33-22+. The van der Waals surface area contributed by atoms with Gasteiger partial charge in [0.1, 0.15) is 17.2 Å². The number of ether oxygens (including phenoxy) is 3. The molecule has 4 aromatic carbocycles. The summed E-state index contributed by atoms with van der Waals surface area (Å²) in [5.74, 6) is 0.854. The lowest BCUT2D eigenvalue weighted by Gasteiger charge is -2.13. The molecule has 4 aromatic rings. The summed E-state index contributed by atoms with van der Waals surface area (Å²) >= 11 is 0. The van der Waals surface area contributed by atoms with Crippen LogP contribution >= 0.6 is 0 Å². The molecule has 0 aliphatic carbocycles. The van der Waals surface area contributed by atoms with Crippen LogP contribution in [0.4, 0.5) is 0 Å². The average molecular weight is 523 g/mol. The second kappa shape index (κ2) is 13.6. The number of carbonyl (C=O) groups is 2. The Kier molecular flexibility index (Phi) is 9.45. The third-order valence-corrected chi connectivity index (χ3v) is 5.69. The number of hydrogen-bond acceptors (Lipinski definition) is 6. The van der Waals surface area contributed by atoms with Crippen LogP contribution in [-0.2, 0) is 4.79 Å². The number of nitrogens with zero attached hydrogens (tertiary/aromatic N) is 1. The highest BCUT2D eigenvalue weighted by atomic mass is 16.5. The zero-order valence-electron chi connectivity index (χ0n) is 21.9. The topological polar surface area (TPSA) is 86.2 Å². The third-order valence-electron chi connectivity index (χ3n) is 5.69. The lowest BCUT2D eigenvalue weighted by atomic mass is 10.1. The lowest BCUT2D eigenvalue weighted by Crippen LogP contribution is -2.33. The Labute approximate surface area is 228 Å². The molecule has 0 aromatic heterocycles. The summed E-state index contributed by atoms with van der Waals surface area (Å²) in [5.41, 5.74) is 5.81. The molecule has 0 heterocycles. The number of carbonyl (C=O) groups excluding carboxylic acids is 2. The van der Waals surface area contributed by atoms with Gasteiger partial charge < -0.3 is 14.2 Å². The molecule has 0 spiro atoms. The first-order valence-electron chi connectivity index (χ1n) is 12.7. The van der Waals surface area contributed by atoms with Gasteiger partial charge in [-0.25, -0.2) is 10.2 Å². The fourth-order valence-corrected chi connectivity index (χ4v) is 3.57. The van der Waals surface area contributed by atoms with Crippen molar-refractivity contribution in [3.8, 4) is 28.4 Å². The van der Waals surface area contributed by atoms with Gasteiger partial charge in [-0.15, -0.1) is 0 Å². The SMILES string of the molecule is CCCOc1ccc(C(=O)Oc2ccc(/C=N/NC(=O)C(C)Oc3ccc(-c4ccccc4)cc3)cc2)cc1. The van der Waals surface area contributed by atoms with Crippen LogP contribution in [0.15, 0.2) is 108 Å². The van der Waals surface area contributed by atoms with E-state index >= 15 is 0 Å². The van der Waals surface area contributed by atoms with Crippen LogP contribution in [0.1, 0.15) is 36.2 Å². The number of nitrogens with one attached hydrogen (secondary N) is 1. The van der Waals surface area contributed by atoms with Crippen LogP contribution in [-0.4, -0.2) is 30.8 Å². The Morgan fingerprint density at radius 1 is 0.795 bits per heavy atom. The molecule has 1 amide bonds. The van der Waals surface area contributed by atoms with Crippen LogP contribution in [0.5, 0.6) is 17.2 Å². The third kappa shape index (κ3) is 8.04. The smallest absolute Gasteiger partial charge is 0.343 e. The fourth-order valence-electron chi connectivity index (χ4n) is 3.57. The molecule has 4 rings (SSSR count). The summed E-state index contributed by atoms with van der Waals surface area (Å²) in [6.07, 6.45) is 1.67. The molecule has 1 unspecified atom stereocenters. The van der Waals surface area contributed by atoms with E-state index in [1.807, 2.05) is 61.5 Å². The number of benzene rings is 4. The van der Waals surface area contributed by atoms with Crippen LogP contribution in [0.2, 0.25) is 0 Å². The van der Waals surface area contributed by atoms with Gasteiger partial charge in [-0.1, -0.05) is 49.4 Å². The van der Waals surface area contributed by atoms with Gasteiger partial charge in [0.2, 0.25) is 0 Å². The van der Waals surface area contributed by atoms with Crippen molar-refractivity contribution in [2.24, 2.45) is 5.10 Å². The number of amides is 1. The van der Waals surface area contributed by atoms with Crippen molar-refractivity contribution in [3.63, 3.8) is 0 Å². The predicted octanol–water partition coefficient (Wildman–Crippen LogP) is 6.28. The van der Waals surface area contributed by atoms with Gasteiger partial charge in [0.05, 0.1) is 18.4 Å². The first-order valence-corrected chi connectivity index (χ1v) is 12.7. The van der Waals surface area contributed by atoms with Gasteiger partial charge in [0.25, 0.3) is 5.91 Å². The van der Waals surface area contributed by atoms with E-state index < -0.39 is 12.1 Å².